The molecule has 0 heterocycles. The number of thiocarbonyl (C=S) groups is 1. The third-order valence-corrected chi connectivity index (χ3v) is 6.47. The number of nitrogens with one attached hydrogen (secondary N) is 2. The highest BCUT2D eigenvalue weighted by Crippen LogP contribution is 2.54. The third-order valence-electron chi connectivity index (χ3n) is 6.27. The summed E-state index contributed by atoms with van der Waals surface area (Å²) in [7, 11) is 0. The van der Waals surface area contributed by atoms with E-state index in [0.717, 1.165) is 36.1 Å². The van der Waals surface area contributed by atoms with Crippen LogP contribution in [0.5, 0.6) is 0 Å². The maximum absolute atomic E-state index is 10.6. The first kappa shape index (κ1) is 21.5. The minimum atomic E-state index is -0.717. The van der Waals surface area contributed by atoms with Gasteiger partial charge in [0.25, 0.3) is 0 Å². The fraction of sp³-hybridized carbons (Fsp3) is 0.522. The molecule has 2 saturated carbocycles. The number of hydrogen-bond donors (Lipinski definition) is 3. The standard InChI is InChI=1S/C23H31N3O2S/c1-16(25-26-23(29)24-19-9-5-4-6-10-19)22-18-14-13-17(15-18)20(22)11-7-2-3-8-12-21(27)28/h2,4-7,9-10,17-18,20,22H,3,8,11-15H2,1H3,(H,27,28)(H2,24,26,29)/b7-2-,25-16?. The Balaban J connectivity index is 1.52. The molecule has 1 aromatic carbocycles. The minimum Gasteiger partial charge on any atom is -0.481 e. The van der Waals surface area contributed by atoms with Crippen molar-refractivity contribution in [3.05, 3.63) is 42.5 Å². The number of hydrazone groups is 1. The summed E-state index contributed by atoms with van der Waals surface area (Å²) in [5, 5.41) is 17.0. The average molecular weight is 414 g/mol. The van der Waals surface area contributed by atoms with E-state index < -0.39 is 5.97 Å². The Hall–Kier alpha value is -2.21. The van der Waals surface area contributed by atoms with Crippen molar-refractivity contribution in [1.29, 1.82) is 0 Å². The predicted octanol–water partition coefficient (Wildman–Crippen LogP) is 5.21. The van der Waals surface area contributed by atoms with Gasteiger partial charge in [-0.15, -0.1) is 0 Å². The zero-order valence-electron chi connectivity index (χ0n) is 17.0. The van der Waals surface area contributed by atoms with Crippen molar-refractivity contribution in [3.8, 4) is 0 Å². The van der Waals surface area contributed by atoms with E-state index >= 15 is 0 Å². The molecule has 2 aliphatic carbocycles. The summed E-state index contributed by atoms with van der Waals surface area (Å²) in [6.45, 7) is 2.12. The van der Waals surface area contributed by atoms with Gasteiger partial charge in [0.2, 0.25) is 0 Å². The zero-order chi connectivity index (χ0) is 20.6. The second-order valence-corrected chi connectivity index (χ2v) is 8.61. The molecule has 2 bridgehead atoms. The minimum absolute atomic E-state index is 0.245. The molecule has 3 N–H and O–H groups in total. The van der Waals surface area contributed by atoms with Crippen LogP contribution in [0.25, 0.3) is 0 Å². The van der Waals surface area contributed by atoms with Gasteiger partial charge in [-0.1, -0.05) is 30.4 Å². The molecule has 2 fully saturated rings. The van der Waals surface area contributed by atoms with Crippen molar-refractivity contribution in [2.75, 3.05) is 5.32 Å². The van der Waals surface area contributed by atoms with Gasteiger partial charge in [-0.2, -0.15) is 5.10 Å². The van der Waals surface area contributed by atoms with E-state index in [1.165, 1.54) is 19.3 Å². The number of carboxylic acids is 1. The molecule has 0 amide bonds. The van der Waals surface area contributed by atoms with E-state index in [0.29, 0.717) is 23.4 Å². The molecular weight excluding hydrogens is 382 g/mol. The molecule has 156 valence electrons. The number of fused-ring (bicyclic) bond motifs is 2. The number of para-hydroxylation sites is 1. The molecule has 0 spiro atoms. The van der Waals surface area contributed by atoms with Gasteiger partial charge in [0, 0.05) is 23.7 Å². The first-order chi connectivity index (χ1) is 14.0. The summed E-state index contributed by atoms with van der Waals surface area (Å²) in [5.74, 6) is 1.93. The van der Waals surface area contributed by atoms with Gasteiger partial charge >= 0.3 is 5.97 Å². The summed E-state index contributed by atoms with van der Waals surface area (Å²) in [5.41, 5.74) is 5.10. The van der Waals surface area contributed by atoms with Crippen molar-refractivity contribution in [2.45, 2.75) is 51.9 Å². The van der Waals surface area contributed by atoms with Crippen LogP contribution >= 0.6 is 12.2 Å². The van der Waals surface area contributed by atoms with Crippen molar-refractivity contribution < 1.29 is 9.90 Å². The number of allylic oxidation sites excluding steroid dienone is 2. The summed E-state index contributed by atoms with van der Waals surface area (Å²) in [6.07, 6.45) is 11.2. The lowest BCUT2D eigenvalue weighted by Gasteiger charge is -2.30. The lowest BCUT2D eigenvalue weighted by Crippen LogP contribution is -2.31. The molecule has 5 nitrogen and oxygen atoms in total. The van der Waals surface area contributed by atoms with Crippen molar-refractivity contribution in [1.82, 2.24) is 5.43 Å². The Labute approximate surface area is 178 Å². The SMILES string of the molecule is CC(=NNC(=S)Nc1ccccc1)C1C2CCC(C2)C1C/C=C\CCCC(=O)O. The van der Waals surface area contributed by atoms with Gasteiger partial charge in [-0.3, -0.25) is 10.2 Å². The first-order valence-corrected chi connectivity index (χ1v) is 11.0. The highest BCUT2D eigenvalue weighted by Gasteiger charge is 2.47. The number of carboxylic acid groups (broad SMARTS) is 1. The highest BCUT2D eigenvalue weighted by molar-refractivity contribution is 7.80. The fourth-order valence-corrected chi connectivity index (χ4v) is 5.20. The maximum Gasteiger partial charge on any atom is 0.303 e. The number of nitrogens with zero attached hydrogens (tertiary/aromatic N) is 1. The van der Waals surface area contributed by atoms with Gasteiger partial charge in [0.15, 0.2) is 5.11 Å². The van der Waals surface area contributed by atoms with Gasteiger partial charge < -0.3 is 10.4 Å². The second-order valence-electron chi connectivity index (χ2n) is 8.20. The van der Waals surface area contributed by atoms with Crippen LogP contribution in [0.3, 0.4) is 0 Å². The number of anilines is 1. The largest absolute Gasteiger partial charge is 0.481 e. The van der Waals surface area contributed by atoms with Gasteiger partial charge in [-0.25, -0.2) is 0 Å². The number of carbonyl (C=O) groups is 1. The number of unbranched alkanes of at least 4 members (excludes halogenated alkanes) is 1. The van der Waals surface area contributed by atoms with Crippen molar-refractivity contribution in [3.63, 3.8) is 0 Å². The molecule has 29 heavy (non-hydrogen) atoms. The Kier molecular flexibility index (Phi) is 7.81. The summed E-state index contributed by atoms with van der Waals surface area (Å²) in [4.78, 5) is 10.6. The lowest BCUT2D eigenvalue weighted by molar-refractivity contribution is -0.137. The van der Waals surface area contributed by atoms with E-state index in [4.69, 9.17) is 17.3 Å². The molecule has 4 atom stereocenters. The van der Waals surface area contributed by atoms with Crippen LogP contribution in [0, 0.1) is 23.7 Å². The molecule has 0 aromatic heterocycles. The number of hydrogen-bond acceptors (Lipinski definition) is 3. The predicted molar refractivity (Wildman–Crippen MR) is 122 cm³/mol. The number of benzene rings is 1. The fourth-order valence-electron chi connectivity index (χ4n) is 5.04. The van der Waals surface area contributed by atoms with Gasteiger partial charge in [0.1, 0.15) is 0 Å². The van der Waals surface area contributed by atoms with E-state index in [1.54, 1.807) is 0 Å². The molecule has 3 rings (SSSR count). The molecule has 1 aromatic rings. The van der Waals surface area contributed by atoms with Crippen molar-refractivity contribution in [2.24, 2.45) is 28.8 Å². The van der Waals surface area contributed by atoms with Gasteiger partial charge in [-0.05, 0) is 87.6 Å². The summed E-state index contributed by atoms with van der Waals surface area (Å²) < 4.78 is 0. The van der Waals surface area contributed by atoms with Crippen molar-refractivity contribution >= 4 is 34.7 Å². The lowest BCUT2D eigenvalue weighted by atomic mass is 9.75. The topological polar surface area (TPSA) is 73.7 Å². The van der Waals surface area contributed by atoms with Crippen LogP contribution in [0.1, 0.15) is 51.9 Å². The third kappa shape index (κ3) is 6.13. The molecule has 0 aliphatic heterocycles. The average Bonchev–Trinajstić information content (AvgIpc) is 3.31. The molecule has 0 radical (unpaired) electrons. The summed E-state index contributed by atoms with van der Waals surface area (Å²) >= 11 is 5.37. The van der Waals surface area contributed by atoms with Crippen LogP contribution in [0.4, 0.5) is 5.69 Å². The quantitative estimate of drug-likeness (QED) is 0.170. The molecule has 2 aliphatic rings. The Bertz CT molecular complexity index is 763. The van der Waals surface area contributed by atoms with Crippen LogP contribution in [-0.2, 0) is 4.79 Å². The summed E-state index contributed by atoms with van der Waals surface area (Å²) in [6, 6.07) is 9.85. The normalized spacial score (nSPS) is 26.0. The molecular formula is C23H31N3O2S. The second kappa shape index (κ2) is 10.5. The Morgan fingerprint density at radius 3 is 2.76 bits per heavy atom. The van der Waals surface area contributed by atoms with Crippen LogP contribution < -0.4 is 10.7 Å². The van der Waals surface area contributed by atoms with Crippen LogP contribution in [0.15, 0.2) is 47.6 Å². The van der Waals surface area contributed by atoms with E-state index in [1.807, 2.05) is 30.3 Å². The molecule has 6 heteroatoms. The maximum atomic E-state index is 10.6. The molecule has 4 unspecified atom stereocenters. The van der Waals surface area contributed by atoms with E-state index in [9.17, 15) is 4.79 Å². The van der Waals surface area contributed by atoms with E-state index in [-0.39, 0.29) is 6.42 Å². The number of rotatable bonds is 9. The van der Waals surface area contributed by atoms with Crippen LogP contribution in [-0.4, -0.2) is 21.9 Å². The molecule has 0 saturated heterocycles. The smallest absolute Gasteiger partial charge is 0.303 e. The van der Waals surface area contributed by atoms with Gasteiger partial charge in [0.05, 0.1) is 0 Å². The number of aliphatic carboxylic acids is 1. The first-order valence-electron chi connectivity index (χ1n) is 10.6. The monoisotopic (exact) mass is 413 g/mol. The van der Waals surface area contributed by atoms with Crippen LogP contribution in [0.2, 0.25) is 0 Å². The van der Waals surface area contributed by atoms with E-state index in [2.05, 4.69) is 34.9 Å². The zero-order valence-corrected chi connectivity index (χ0v) is 17.8. The Morgan fingerprint density at radius 2 is 2.00 bits per heavy atom. The highest BCUT2D eigenvalue weighted by atomic mass is 32.1. The Morgan fingerprint density at radius 1 is 1.24 bits per heavy atom.